The average Bonchev–Trinajstić information content (AvgIpc) is 2.64. The first-order valence-corrected chi connectivity index (χ1v) is 9.99. The van der Waals surface area contributed by atoms with Gasteiger partial charge in [-0.25, -0.2) is 21.9 Å². The van der Waals surface area contributed by atoms with E-state index in [2.05, 4.69) is 10.0 Å². The third-order valence-corrected chi connectivity index (χ3v) is 6.28. The van der Waals surface area contributed by atoms with Gasteiger partial charge in [0.05, 0.1) is 16.5 Å². The average molecular weight is 391 g/mol. The van der Waals surface area contributed by atoms with Crippen LogP contribution in [-0.2, 0) is 10.0 Å². The lowest BCUT2D eigenvalue weighted by Gasteiger charge is -2.33. The Morgan fingerprint density at radius 1 is 1.19 bits per heavy atom. The second kappa shape index (κ2) is 7.72. The van der Waals surface area contributed by atoms with Gasteiger partial charge in [-0.05, 0) is 61.3 Å². The number of aryl methyl sites for hydroxylation is 1. The number of sulfonamides is 1. The van der Waals surface area contributed by atoms with E-state index in [1.54, 1.807) is 6.92 Å². The summed E-state index contributed by atoms with van der Waals surface area (Å²) in [6.07, 6.45) is 0.588. The zero-order valence-electron chi connectivity index (χ0n) is 14.7. The Bertz CT molecular complexity index is 1000. The van der Waals surface area contributed by atoms with Gasteiger partial charge in [-0.3, -0.25) is 0 Å². The molecule has 1 heterocycles. The fraction of sp³-hybridized carbons (Fsp3) is 0.316. The molecular formula is C19H19F2N3O2S. The highest BCUT2D eigenvalue weighted by molar-refractivity contribution is 7.89. The van der Waals surface area contributed by atoms with E-state index in [4.69, 9.17) is 5.26 Å². The molecule has 0 aromatic heterocycles. The molecule has 0 spiro atoms. The van der Waals surface area contributed by atoms with E-state index in [0.717, 1.165) is 12.1 Å². The lowest BCUT2D eigenvalue weighted by atomic mass is 9.86. The van der Waals surface area contributed by atoms with E-state index in [9.17, 15) is 17.2 Å². The maximum absolute atomic E-state index is 13.6. The molecule has 8 heteroatoms. The highest BCUT2D eigenvalue weighted by Gasteiger charge is 2.31. The minimum absolute atomic E-state index is 0.0635. The summed E-state index contributed by atoms with van der Waals surface area (Å²) in [5, 5.41) is 12.1. The summed E-state index contributed by atoms with van der Waals surface area (Å²) in [7, 11) is -3.83. The highest BCUT2D eigenvalue weighted by atomic mass is 32.2. The van der Waals surface area contributed by atoms with Crippen molar-refractivity contribution in [3.05, 3.63) is 64.7 Å². The maximum atomic E-state index is 13.6. The van der Waals surface area contributed by atoms with E-state index in [1.807, 2.05) is 6.07 Å². The van der Waals surface area contributed by atoms with Gasteiger partial charge in [-0.15, -0.1) is 0 Å². The summed E-state index contributed by atoms with van der Waals surface area (Å²) in [5.41, 5.74) is 1.53. The molecule has 2 atom stereocenters. The molecule has 2 aromatic carbocycles. The van der Waals surface area contributed by atoms with E-state index >= 15 is 0 Å². The van der Waals surface area contributed by atoms with E-state index in [1.165, 1.54) is 24.3 Å². The summed E-state index contributed by atoms with van der Waals surface area (Å²) < 4.78 is 55.1. The summed E-state index contributed by atoms with van der Waals surface area (Å²) >= 11 is 0. The summed E-state index contributed by atoms with van der Waals surface area (Å²) in [6.45, 7) is 2.69. The van der Waals surface area contributed by atoms with Gasteiger partial charge in [0.15, 0.2) is 11.6 Å². The number of hydrogen-bond acceptors (Lipinski definition) is 4. The normalized spacial score (nSPS) is 20.2. The van der Waals surface area contributed by atoms with Crippen LogP contribution >= 0.6 is 0 Å². The SMILES string of the molecule is Cc1cc(S(=O)(=O)NC2CNCCC2c2ccc(F)c(F)c2)ccc1C#N. The first kappa shape index (κ1) is 19.4. The largest absolute Gasteiger partial charge is 0.315 e. The fourth-order valence-corrected chi connectivity index (χ4v) is 4.68. The van der Waals surface area contributed by atoms with Crippen LogP contribution in [0.4, 0.5) is 8.78 Å². The van der Waals surface area contributed by atoms with E-state index < -0.39 is 27.7 Å². The smallest absolute Gasteiger partial charge is 0.240 e. The number of rotatable bonds is 4. The number of piperidine rings is 1. The molecule has 0 saturated carbocycles. The molecule has 2 unspecified atom stereocenters. The molecule has 0 amide bonds. The number of benzene rings is 2. The van der Waals surface area contributed by atoms with Crippen LogP contribution in [0.3, 0.4) is 0 Å². The highest BCUT2D eigenvalue weighted by Crippen LogP contribution is 2.28. The van der Waals surface area contributed by atoms with Crippen molar-refractivity contribution in [2.24, 2.45) is 0 Å². The Kier molecular flexibility index (Phi) is 5.56. The second-order valence-corrected chi connectivity index (χ2v) is 8.30. The third-order valence-electron chi connectivity index (χ3n) is 4.79. The van der Waals surface area contributed by atoms with Crippen LogP contribution in [0.2, 0.25) is 0 Å². The van der Waals surface area contributed by atoms with Crippen LogP contribution in [0.15, 0.2) is 41.3 Å². The Morgan fingerprint density at radius 2 is 1.96 bits per heavy atom. The topological polar surface area (TPSA) is 82.0 Å². The van der Waals surface area contributed by atoms with Crippen molar-refractivity contribution in [2.45, 2.75) is 30.2 Å². The number of nitriles is 1. The molecule has 142 valence electrons. The van der Waals surface area contributed by atoms with Crippen molar-refractivity contribution in [3.63, 3.8) is 0 Å². The molecule has 1 aliphatic heterocycles. The summed E-state index contributed by atoms with van der Waals surface area (Å²) in [4.78, 5) is 0.0635. The number of nitrogens with one attached hydrogen (secondary N) is 2. The molecule has 2 aromatic rings. The Labute approximate surface area is 157 Å². The Morgan fingerprint density at radius 3 is 2.63 bits per heavy atom. The van der Waals surface area contributed by atoms with Gasteiger partial charge >= 0.3 is 0 Å². The van der Waals surface area contributed by atoms with Crippen LogP contribution in [0, 0.1) is 29.9 Å². The van der Waals surface area contributed by atoms with Gasteiger partial charge in [0.1, 0.15) is 0 Å². The van der Waals surface area contributed by atoms with E-state index in [-0.39, 0.29) is 10.8 Å². The number of nitrogens with zero attached hydrogens (tertiary/aromatic N) is 1. The van der Waals surface area contributed by atoms with Gasteiger partial charge in [0.2, 0.25) is 10.0 Å². The van der Waals surface area contributed by atoms with Crippen molar-refractivity contribution >= 4 is 10.0 Å². The summed E-state index contributed by atoms with van der Waals surface area (Å²) in [5.74, 6) is -2.16. The predicted octanol–water partition coefficient (Wildman–Crippen LogP) is 2.57. The third kappa shape index (κ3) is 4.16. The van der Waals surface area contributed by atoms with Gasteiger partial charge in [-0.2, -0.15) is 5.26 Å². The molecule has 0 bridgehead atoms. The summed E-state index contributed by atoms with van der Waals surface area (Å²) in [6, 6.07) is 9.46. The van der Waals surface area contributed by atoms with Crippen LogP contribution in [0.1, 0.15) is 29.0 Å². The van der Waals surface area contributed by atoms with Gasteiger partial charge in [0.25, 0.3) is 0 Å². The van der Waals surface area contributed by atoms with Crippen molar-refractivity contribution in [2.75, 3.05) is 13.1 Å². The Hall–Kier alpha value is -2.34. The number of halogens is 2. The standard InChI is InChI=1S/C19H19F2N3O2S/c1-12-8-15(4-2-14(12)10-22)27(25,26)24-19-11-23-7-6-16(19)13-3-5-17(20)18(21)9-13/h2-5,8-9,16,19,23-24H,6-7,11H2,1H3. The van der Waals surface area contributed by atoms with Crippen LogP contribution in [0.5, 0.6) is 0 Å². The molecule has 0 aliphatic carbocycles. The van der Waals surface area contributed by atoms with Gasteiger partial charge in [-0.1, -0.05) is 6.07 Å². The molecule has 3 rings (SSSR count). The maximum Gasteiger partial charge on any atom is 0.240 e. The van der Waals surface area contributed by atoms with Gasteiger partial charge < -0.3 is 5.32 Å². The minimum atomic E-state index is -3.83. The predicted molar refractivity (Wildman–Crippen MR) is 96.6 cm³/mol. The van der Waals surface area contributed by atoms with Crippen LogP contribution in [-0.4, -0.2) is 27.5 Å². The van der Waals surface area contributed by atoms with Crippen molar-refractivity contribution in [3.8, 4) is 6.07 Å². The van der Waals surface area contributed by atoms with Crippen molar-refractivity contribution in [1.29, 1.82) is 5.26 Å². The fourth-order valence-electron chi connectivity index (χ4n) is 3.32. The molecule has 27 heavy (non-hydrogen) atoms. The monoisotopic (exact) mass is 391 g/mol. The van der Waals surface area contributed by atoms with Crippen LogP contribution in [0.25, 0.3) is 0 Å². The molecular weight excluding hydrogens is 372 g/mol. The molecule has 2 N–H and O–H groups in total. The number of hydrogen-bond donors (Lipinski definition) is 2. The molecule has 1 aliphatic rings. The first-order valence-electron chi connectivity index (χ1n) is 8.50. The molecule has 5 nitrogen and oxygen atoms in total. The first-order chi connectivity index (χ1) is 12.8. The molecule has 1 fully saturated rings. The lowest BCUT2D eigenvalue weighted by molar-refractivity contribution is 0.376. The van der Waals surface area contributed by atoms with E-state index in [0.29, 0.717) is 36.2 Å². The Balaban J connectivity index is 1.88. The van der Waals surface area contributed by atoms with Gasteiger partial charge in [0, 0.05) is 18.5 Å². The lowest BCUT2D eigenvalue weighted by Crippen LogP contribution is -2.49. The van der Waals surface area contributed by atoms with Crippen molar-refractivity contribution < 1.29 is 17.2 Å². The zero-order chi connectivity index (χ0) is 19.6. The quantitative estimate of drug-likeness (QED) is 0.839. The van der Waals surface area contributed by atoms with Crippen molar-refractivity contribution in [1.82, 2.24) is 10.0 Å². The zero-order valence-corrected chi connectivity index (χ0v) is 15.5. The molecule has 0 radical (unpaired) electrons. The minimum Gasteiger partial charge on any atom is -0.315 e. The second-order valence-electron chi connectivity index (χ2n) is 6.59. The van der Waals surface area contributed by atoms with Crippen LogP contribution < -0.4 is 10.0 Å². The molecule has 1 saturated heterocycles.